The largest absolute Gasteiger partial charge is 0.477 e. The third-order valence-corrected chi connectivity index (χ3v) is 1.80. The SMILES string of the molecule is CCCCCC/C(=N\N=C(N)N)C(=O)O. The van der Waals surface area contributed by atoms with Gasteiger partial charge in [-0.2, -0.15) is 0 Å². The maximum atomic E-state index is 10.7. The average molecular weight is 214 g/mol. The fourth-order valence-electron chi connectivity index (χ4n) is 1.04. The lowest BCUT2D eigenvalue weighted by Gasteiger charge is -1.99. The highest BCUT2D eigenvalue weighted by Gasteiger charge is 2.08. The van der Waals surface area contributed by atoms with Gasteiger partial charge in [0, 0.05) is 0 Å². The summed E-state index contributed by atoms with van der Waals surface area (Å²) in [5.74, 6) is -1.31. The van der Waals surface area contributed by atoms with Crippen molar-refractivity contribution in [2.24, 2.45) is 21.7 Å². The predicted octanol–water partition coefficient (Wildman–Crippen LogP) is 0.671. The first-order chi connectivity index (χ1) is 7.07. The smallest absolute Gasteiger partial charge is 0.352 e. The molecule has 0 amide bonds. The molecule has 0 radical (unpaired) electrons. The summed E-state index contributed by atoms with van der Waals surface area (Å²) in [6, 6.07) is 0. The van der Waals surface area contributed by atoms with Crippen LogP contribution in [0.4, 0.5) is 0 Å². The van der Waals surface area contributed by atoms with E-state index in [1.165, 1.54) is 0 Å². The number of unbranched alkanes of at least 4 members (excludes halogenated alkanes) is 3. The Labute approximate surface area is 89.1 Å². The van der Waals surface area contributed by atoms with E-state index in [-0.39, 0.29) is 11.7 Å². The monoisotopic (exact) mass is 214 g/mol. The number of nitrogens with two attached hydrogens (primary N) is 2. The number of aliphatic carboxylic acids is 1. The van der Waals surface area contributed by atoms with Crippen LogP contribution in [-0.4, -0.2) is 22.7 Å². The molecule has 0 saturated carbocycles. The molecule has 0 spiro atoms. The van der Waals surface area contributed by atoms with Crippen molar-refractivity contribution in [2.75, 3.05) is 0 Å². The molecule has 0 fully saturated rings. The van der Waals surface area contributed by atoms with E-state index < -0.39 is 5.97 Å². The highest BCUT2D eigenvalue weighted by molar-refractivity contribution is 6.35. The molecule has 0 rings (SSSR count). The minimum absolute atomic E-state index is 0.000460. The quantitative estimate of drug-likeness (QED) is 0.250. The number of nitrogens with zero attached hydrogens (tertiary/aromatic N) is 2. The Balaban J connectivity index is 4.12. The van der Waals surface area contributed by atoms with Crippen LogP contribution in [0.5, 0.6) is 0 Å². The molecule has 0 atom stereocenters. The lowest BCUT2D eigenvalue weighted by molar-refractivity contribution is -0.129. The predicted molar refractivity (Wildman–Crippen MR) is 59.6 cm³/mol. The van der Waals surface area contributed by atoms with Gasteiger partial charge < -0.3 is 16.6 Å². The second-order valence-electron chi connectivity index (χ2n) is 3.19. The number of carboxylic acids is 1. The van der Waals surface area contributed by atoms with Crippen molar-refractivity contribution in [1.29, 1.82) is 0 Å². The van der Waals surface area contributed by atoms with Crippen molar-refractivity contribution in [3.63, 3.8) is 0 Å². The normalized spacial score (nSPS) is 11.1. The summed E-state index contributed by atoms with van der Waals surface area (Å²) in [4.78, 5) is 10.7. The fourth-order valence-corrected chi connectivity index (χ4v) is 1.04. The minimum Gasteiger partial charge on any atom is -0.477 e. The highest BCUT2D eigenvalue weighted by atomic mass is 16.4. The van der Waals surface area contributed by atoms with Gasteiger partial charge in [0.15, 0.2) is 0 Å². The Kier molecular flexibility index (Phi) is 6.96. The average Bonchev–Trinajstić information content (AvgIpc) is 2.15. The van der Waals surface area contributed by atoms with E-state index in [2.05, 4.69) is 17.1 Å². The number of rotatable bonds is 7. The summed E-state index contributed by atoms with van der Waals surface area (Å²) in [5, 5.41) is 15.6. The van der Waals surface area contributed by atoms with Crippen molar-refractivity contribution in [3.05, 3.63) is 0 Å². The molecular weight excluding hydrogens is 196 g/mol. The molecule has 0 saturated heterocycles. The molecule has 0 aliphatic rings. The zero-order valence-corrected chi connectivity index (χ0v) is 8.94. The van der Waals surface area contributed by atoms with Gasteiger partial charge in [-0.25, -0.2) is 4.79 Å². The van der Waals surface area contributed by atoms with E-state index >= 15 is 0 Å². The maximum Gasteiger partial charge on any atom is 0.352 e. The van der Waals surface area contributed by atoms with Gasteiger partial charge in [-0.3, -0.25) is 0 Å². The molecule has 0 aliphatic carbocycles. The van der Waals surface area contributed by atoms with E-state index in [1.54, 1.807) is 0 Å². The van der Waals surface area contributed by atoms with Crippen LogP contribution in [0.1, 0.15) is 39.0 Å². The highest BCUT2D eigenvalue weighted by Crippen LogP contribution is 2.04. The standard InChI is InChI=1S/C9H18N4O2/c1-2-3-4-5-6-7(8(14)15)12-13-9(10)11/h2-6H2,1H3,(H,14,15)(H4,10,11,13)/b12-7+. The van der Waals surface area contributed by atoms with E-state index in [1.807, 2.05) is 0 Å². The second-order valence-corrected chi connectivity index (χ2v) is 3.19. The van der Waals surface area contributed by atoms with Crippen LogP contribution >= 0.6 is 0 Å². The zero-order chi connectivity index (χ0) is 11.7. The van der Waals surface area contributed by atoms with Gasteiger partial charge >= 0.3 is 5.97 Å². The Bertz CT molecular complexity index is 257. The summed E-state index contributed by atoms with van der Waals surface area (Å²) in [6.45, 7) is 2.09. The number of hydrogen-bond donors (Lipinski definition) is 3. The molecule has 0 bridgehead atoms. The van der Waals surface area contributed by atoms with Gasteiger partial charge in [-0.1, -0.05) is 26.2 Å². The molecule has 6 heteroatoms. The summed E-state index contributed by atoms with van der Waals surface area (Å²) < 4.78 is 0. The van der Waals surface area contributed by atoms with Gasteiger partial charge in [-0.15, -0.1) is 10.2 Å². The van der Waals surface area contributed by atoms with E-state index in [9.17, 15) is 4.79 Å². The molecule has 0 aromatic heterocycles. The number of guanidine groups is 1. The third kappa shape index (κ3) is 7.48. The molecule has 6 nitrogen and oxygen atoms in total. The maximum absolute atomic E-state index is 10.7. The van der Waals surface area contributed by atoms with Crippen LogP contribution in [0.3, 0.4) is 0 Å². The molecule has 86 valence electrons. The summed E-state index contributed by atoms with van der Waals surface area (Å²) in [5.41, 5.74) is 10.1. The molecular formula is C9H18N4O2. The molecule has 5 N–H and O–H groups in total. The first-order valence-corrected chi connectivity index (χ1v) is 4.96. The minimum atomic E-state index is -1.07. The summed E-state index contributed by atoms with van der Waals surface area (Å²) in [7, 11) is 0. The Hall–Kier alpha value is -1.59. The van der Waals surface area contributed by atoms with Crippen molar-refractivity contribution < 1.29 is 9.90 Å². The molecule has 0 unspecified atom stereocenters. The van der Waals surface area contributed by atoms with Gasteiger partial charge in [0.05, 0.1) is 0 Å². The molecule has 15 heavy (non-hydrogen) atoms. The van der Waals surface area contributed by atoms with E-state index in [0.29, 0.717) is 6.42 Å². The van der Waals surface area contributed by atoms with Crippen molar-refractivity contribution >= 4 is 17.6 Å². The molecule has 0 aliphatic heterocycles. The third-order valence-electron chi connectivity index (χ3n) is 1.80. The van der Waals surface area contributed by atoms with E-state index in [4.69, 9.17) is 16.6 Å². The fraction of sp³-hybridized carbons (Fsp3) is 0.667. The lowest BCUT2D eigenvalue weighted by Crippen LogP contribution is -2.22. The first-order valence-electron chi connectivity index (χ1n) is 4.96. The second kappa shape index (κ2) is 7.78. The first kappa shape index (κ1) is 13.4. The zero-order valence-electron chi connectivity index (χ0n) is 8.94. The summed E-state index contributed by atoms with van der Waals surface area (Å²) >= 11 is 0. The van der Waals surface area contributed by atoms with Crippen LogP contribution < -0.4 is 11.5 Å². The van der Waals surface area contributed by atoms with Crippen molar-refractivity contribution in [2.45, 2.75) is 39.0 Å². The van der Waals surface area contributed by atoms with Gasteiger partial charge in [0.1, 0.15) is 5.71 Å². The van der Waals surface area contributed by atoms with Crippen LogP contribution in [0.2, 0.25) is 0 Å². The summed E-state index contributed by atoms with van der Waals surface area (Å²) in [6.07, 6.45) is 4.37. The molecule has 0 aromatic carbocycles. The van der Waals surface area contributed by atoms with E-state index in [0.717, 1.165) is 25.7 Å². The van der Waals surface area contributed by atoms with Crippen molar-refractivity contribution in [3.8, 4) is 0 Å². The van der Waals surface area contributed by atoms with Crippen LogP contribution in [0, 0.1) is 0 Å². The van der Waals surface area contributed by atoms with Crippen LogP contribution in [0.25, 0.3) is 0 Å². The van der Waals surface area contributed by atoms with Crippen LogP contribution in [0.15, 0.2) is 10.2 Å². The van der Waals surface area contributed by atoms with Gasteiger partial charge in [0.2, 0.25) is 5.96 Å². The Morgan fingerprint density at radius 2 is 1.87 bits per heavy atom. The number of hydrogen-bond acceptors (Lipinski definition) is 3. The number of carboxylic acid groups (broad SMARTS) is 1. The molecule has 0 heterocycles. The Morgan fingerprint density at radius 1 is 1.20 bits per heavy atom. The Morgan fingerprint density at radius 3 is 2.33 bits per heavy atom. The number of carbonyl (C=O) groups is 1. The van der Waals surface area contributed by atoms with Crippen LogP contribution in [-0.2, 0) is 4.79 Å². The lowest BCUT2D eigenvalue weighted by atomic mass is 10.1. The van der Waals surface area contributed by atoms with Gasteiger partial charge in [-0.05, 0) is 12.8 Å². The molecule has 0 aromatic rings. The topological polar surface area (TPSA) is 114 Å². The van der Waals surface area contributed by atoms with Gasteiger partial charge in [0.25, 0.3) is 0 Å². The van der Waals surface area contributed by atoms with Crippen molar-refractivity contribution in [1.82, 2.24) is 0 Å².